The lowest BCUT2D eigenvalue weighted by Crippen LogP contribution is -1.89. The fourth-order valence-corrected chi connectivity index (χ4v) is 5.29. The molecule has 0 fully saturated rings. The van der Waals surface area contributed by atoms with Crippen LogP contribution in [0, 0.1) is 0 Å². The van der Waals surface area contributed by atoms with Gasteiger partial charge in [0.2, 0.25) is 0 Å². The summed E-state index contributed by atoms with van der Waals surface area (Å²) in [5.74, 6) is 0. The lowest BCUT2D eigenvalue weighted by atomic mass is 9.94. The van der Waals surface area contributed by atoms with Crippen molar-refractivity contribution in [3.63, 3.8) is 0 Å². The zero-order valence-electron chi connectivity index (χ0n) is 20.4. The van der Waals surface area contributed by atoms with Gasteiger partial charge in [-0.3, -0.25) is 4.98 Å². The Labute approximate surface area is 203 Å². The Hall–Kier alpha value is -3.19. The standard InChI is InChI=1S/C33H35N/c1-2-3-4-5-6-7-8-10-13-25-16-17-26-18-19-28-29(32(26)24-25)20-21-31-30(28)22-23-34-33(31)27-14-11-9-12-15-27/h9,11-12,14-24H,2-8,10,13H2,1H3. The van der Waals surface area contributed by atoms with Crippen molar-refractivity contribution in [3.8, 4) is 11.3 Å². The van der Waals surface area contributed by atoms with Gasteiger partial charge >= 0.3 is 0 Å². The second-order valence-corrected chi connectivity index (χ2v) is 9.63. The molecule has 5 aromatic rings. The molecule has 0 saturated heterocycles. The maximum atomic E-state index is 4.73. The maximum Gasteiger partial charge on any atom is 0.0780 e. The largest absolute Gasteiger partial charge is 0.256 e. The third-order valence-electron chi connectivity index (χ3n) is 7.19. The summed E-state index contributed by atoms with van der Waals surface area (Å²) in [6, 6.07) is 28.9. The minimum absolute atomic E-state index is 1.06. The van der Waals surface area contributed by atoms with Gasteiger partial charge in [-0.15, -0.1) is 0 Å². The first-order valence-electron chi connectivity index (χ1n) is 13.1. The molecule has 4 aromatic carbocycles. The summed E-state index contributed by atoms with van der Waals surface area (Å²) in [4.78, 5) is 4.73. The first-order valence-corrected chi connectivity index (χ1v) is 13.1. The number of pyridine rings is 1. The van der Waals surface area contributed by atoms with Crippen molar-refractivity contribution in [2.45, 2.75) is 64.7 Å². The summed E-state index contributed by atoms with van der Waals surface area (Å²) in [6.07, 6.45) is 14.1. The number of aromatic nitrogens is 1. The highest BCUT2D eigenvalue weighted by atomic mass is 14.7. The average Bonchev–Trinajstić information content (AvgIpc) is 2.90. The van der Waals surface area contributed by atoms with Gasteiger partial charge in [0, 0.05) is 17.1 Å². The van der Waals surface area contributed by atoms with Gasteiger partial charge in [-0.25, -0.2) is 0 Å². The Bertz CT molecular complexity index is 1380. The van der Waals surface area contributed by atoms with Crippen LogP contribution in [0.4, 0.5) is 0 Å². The number of hydrogen-bond acceptors (Lipinski definition) is 1. The van der Waals surface area contributed by atoms with Gasteiger partial charge in [-0.1, -0.05) is 125 Å². The van der Waals surface area contributed by atoms with Crippen LogP contribution in [0.2, 0.25) is 0 Å². The van der Waals surface area contributed by atoms with Gasteiger partial charge in [0.25, 0.3) is 0 Å². The molecule has 5 rings (SSSR count). The van der Waals surface area contributed by atoms with Gasteiger partial charge in [0.1, 0.15) is 0 Å². The highest BCUT2D eigenvalue weighted by molar-refractivity contribution is 6.18. The molecule has 0 aliphatic heterocycles. The molecule has 0 atom stereocenters. The smallest absolute Gasteiger partial charge is 0.0780 e. The number of aryl methyl sites for hydroxylation is 1. The van der Waals surface area contributed by atoms with Gasteiger partial charge in [0.15, 0.2) is 0 Å². The molecule has 0 aliphatic carbocycles. The highest BCUT2D eigenvalue weighted by Gasteiger charge is 2.10. The van der Waals surface area contributed by atoms with E-state index in [1.165, 1.54) is 101 Å². The van der Waals surface area contributed by atoms with E-state index in [-0.39, 0.29) is 0 Å². The van der Waals surface area contributed by atoms with Crippen molar-refractivity contribution in [3.05, 3.63) is 90.6 Å². The molecular weight excluding hydrogens is 410 g/mol. The number of nitrogens with zero attached hydrogens (tertiary/aromatic N) is 1. The van der Waals surface area contributed by atoms with E-state index in [0.717, 1.165) is 5.69 Å². The summed E-state index contributed by atoms with van der Waals surface area (Å²) in [6.45, 7) is 2.29. The first-order chi connectivity index (χ1) is 16.8. The van der Waals surface area contributed by atoms with Crippen LogP contribution in [0.25, 0.3) is 43.6 Å². The average molecular weight is 446 g/mol. The predicted octanol–water partition coefficient (Wildman–Crippen LogP) is 9.89. The molecule has 0 saturated carbocycles. The van der Waals surface area contributed by atoms with Gasteiger partial charge in [-0.05, 0) is 51.4 Å². The zero-order valence-corrected chi connectivity index (χ0v) is 20.4. The fraction of sp³-hybridized carbons (Fsp3) is 0.303. The van der Waals surface area contributed by atoms with Crippen LogP contribution in [0.1, 0.15) is 63.9 Å². The van der Waals surface area contributed by atoms with Crippen molar-refractivity contribution < 1.29 is 0 Å². The third kappa shape index (κ3) is 4.85. The Morgan fingerprint density at radius 1 is 0.559 bits per heavy atom. The predicted molar refractivity (Wildman–Crippen MR) is 149 cm³/mol. The minimum Gasteiger partial charge on any atom is -0.256 e. The number of hydrogen-bond donors (Lipinski definition) is 0. The van der Waals surface area contributed by atoms with Crippen molar-refractivity contribution in [2.24, 2.45) is 0 Å². The Morgan fingerprint density at radius 3 is 2.03 bits per heavy atom. The lowest BCUT2D eigenvalue weighted by Gasteiger charge is -2.12. The van der Waals surface area contributed by atoms with E-state index in [9.17, 15) is 0 Å². The molecule has 1 aromatic heterocycles. The summed E-state index contributed by atoms with van der Waals surface area (Å²) in [7, 11) is 0. The first kappa shape index (κ1) is 22.6. The Balaban J connectivity index is 1.40. The Kier molecular flexibility index (Phi) is 7.19. The molecule has 0 spiro atoms. The number of fused-ring (bicyclic) bond motifs is 5. The van der Waals surface area contributed by atoms with Crippen LogP contribution >= 0.6 is 0 Å². The van der Waals surface area contributed by atoms with Gasteiger partial charge in [-0.2, -0.15) is 0 Å². The molecule has 0 amide bonds. The third-order valence-corrected chi connectivity index (χ3v) is 7.19. The zero-order chi connectivity index (χ0) is 23.2. The fourth-order valence-electron chi connectivity index (χ4n) is 5.29. The van der Waals surface area contributed by atoms with E-state index < -0.39 is 0 Å². The molecule has 1 nitrogen and oxygen atoms in total. The second kappa shape index (κ2) is 10.8. The van der Waals surface area contributed by atoms with Crippen LogP contribution in [-0.4, -0.2) is 4.98 Å². The molecule has 0 radical (unpaired) electrons. The topological polar surface area (TPSA) is 12.9 Å². The molecule has 0 N–H and O–H groups in total. The summed E-state index contributed by atoms with van der Waals surface area (Å²) in [5.41, 5.74) is 3.69. The van der Waals surface area contributed by atoms with E-state index in [4.69, 9.17) is 4.98 Å². The van der Waals surface area contributed by atoms with Crippen LogP contribution in [0.5, 0.6) is 0 Å². The van der Waals surface area contributed by atoms with Gasteiger partial charge in [0.05, 0.1) is 5.69 Å². The lowest BCUT2D eigenvalue weighted by molar-refractivity contribution is 0.575. The van der Waals surface area contributed by atoms with Crippen molar-refractivity contribution in [2.75, 3.05) is 0 Å². The second-order valence-electron chi connectivity index (χ2n) is 9.63. The van der Waals surface area contributed by atoms with E-state index in [1.54, 1.807) is 0 Å². The molecule has 172 valence electrons. The van der Waals surface area contributed by atoms with Crippen LogP contribution < -0.4 is 0 Å². The molecule has 0 aliphatic rings. The minimum atomic E-state index is 1.06. The van der Waals surface area contributed by atoms with Crippen molar-refractivity contribution >= 4 is 32.3 Å². The monoisotopic (exact) mass is 445 g/mol. The number of benzene rings is 4. The van der Waals surface area contributed by atoms with Crippen LogP contribution in [0.15, 0.2) is 85.1 Å². The van der Waals surface area contributed by atoms with Crippen molar-refractivity contribution in [1.29, 1.82) is 0 Å². The number of unbranched alkanes of at least 4 members (excludes halogenated alkanes) is 7. The molecule has 1 heteroatoms. The van der Waals surface area contributed by atoms with Gasteiger partial charge < -0.3 is 0 Å². The van der Waals surface area contributed by atoms with Crippen molar-refractivity contribution in [1.82, 2.24) is 4.98 Å². The summed E-state index contributed by atoms with van der Waals surface area (Å²) in [5, 5.41) is 7.84. The molecule has 0 unspecified atom stereocenters. The normalized spacial score (nSPS) is 11.6. The van der Waals surface area contributed by atoms with E-state index >= 15 is 0 Å². The maximum absolute atomic E-state index is 4.73. The molecule has 34 heavy (non-hydrogen) atoms. The van der Waals surface area contributed by atoms with E-state index in [2.05, 4.69) is 85.8 Å². The SMILES string of the molecule is CCCCCCCCCCc1ccc2ccc3c4ccnc(-c5ccccc5)c4ccc3c2c1. The number of rotatable bonds is 10. The van der Waals surface area contributed by atoms with E-state index in [1.807, 2.05) is 6.20 Å². The van der Waals surface area contributed by atoms with Crippen LogP contribution in [-0.2, 0) is 6.42 Å². The van der Waals surface area contributed by atoms with E-state index in [0.29, 0.717) is 0 Å². The highest BCUT2D eigenvalue weighted by Crippen LogP contribution is 2.35. The summed E-state index contributed by atoms with van der Waals surface area (Å²) < 4.78 is 0. The summed E-state index contributed by atoms with van der Waals surface area (Å²) >= 11 is 0. The molecular formula is C33H35N. The Morgan fingerprint density at radius 2 is 1.21 bits per heavy atom. The quantitative estimate of drug-likeness (QED) is 0.154. The molecule has 1 heterocycles. The van der Waals surface area contributed by atoms with Crippen LogP contribution in [0.3, 0.4) is 0 Å². The molecule has 0 bridgehead atoms.